The van der Waals surface area contributed by atoms with E-state index in [4.69, 9.17) is 0 Å². The molecule has 28 heavy (non-hydrogen) atoms. The van der Waals surface area contributed by atoms with Crippen LogP contribution in [0.5, 0.6) is 0 Å². The number of halogens is 1. The van der Waals surface area contributed by atoms with Crippen molar-refractivity contribution in [1.82, 2.24) is 15.5 Å². The first-order valence-corrected chi connectivity index (χ1v) is 10.5. The lowest BCUT2D eigenvalue weighted by Crippen LogP contribution is -2.39. The molecule has 0 saturated carbocycles. The molecule has 0 aliphatic heterocycles. The predicted molar refractivity (Wildman–Crippen MR) is 131 cm³/mol. The summed E-state index contributed by atoms with van der Waals surface area (Å²) in [5.41, 5.74) is 1.30. The van der Waals surface area contributed by atoms with Gasteiger partial charge in [-0.3, -0.25) is 0 Å². The summed E-state index contributed by atoms with van der Waals surface area (Å²) in [5.74, 6) is 0.749. The van der Waals surface area contributed by atoms with E-state index in [2.05, 4.69) is 51.8 Å². The molecule has 7 heteroatoms. The van der Waals surface area contributed by atoms with Gasteiger partial charge in [-0.1, -0.05) is 30.3 Å². The number of hydrogen-bond acceptors (Lipinski definition) is 4. The third kappa shape index (κ3) is 8.89. The smallest absolute Gasteiger partial charge is 0.191 e. The number of nitrogens with one attached hydrogen (secondary N) is 2. The highest BCUT2D eigenvalue weighted by Crippen LogP contribution is 2.23. The lowest BCUT2D eigenvalue weighted by Gasteiger charge is -2.21. The monoisotopic (exact) mass is 516 g/mol. The van der Waals surface area contributed by atoms with Crippen LogP contribution in [0.15, 0.2) is 52.2 Å². The molecular formula is C21H33IN4OS. The maximum atomic E-state index is 10.6. The summed E-state index contributed by atoms with van der Waals surface area (Å²) in [5, 5.41) is 21.2. The molecule has 1 atom stereocenters. The van der Waals surface area contributed by atoms with Gasteiger partial charge < -0.3 is 20.6 Å². The molecule has 156 valence electrons. The third-order valence-corrected chi connectivity index (χ3v) is 5.02. The first-order chi connectivity index (χ1) is 13.0. The molecule has 0 aliphatic rings. The summed E-state index contributed by atoms with van der Waals surface area (Å²) in [6.07, 6.45) is 1.02. The lowest BCUT2D eigenvalue weighted by molar-refractivity contribution is 0.0677. The minimum atomic E-state index is -0.946. The molecule has 0 radical (unpaired) electrons. The van der Waals surface area contributed by atoms with E-state index in [0.29, 0.717) is 6.54 Å². The first kappa shape index (κ1) is 24.9. The molecule has 2 rings (SSSR count). The van der Waals surface area contributed by atoms with Gasteiger partial charge in [0.25, 0.3) is 0 Å². The van der Waals surface area contributed by atoms with Crippen molar-refractivity contribution < 1.29 is 5.11 Å². The normalized spacial score (nSPS) is 13.7. The average Bonchev–Trinajstić information content (AvgIpc) is 3.20. The zero-order valence-electron chi connectivity index (χ0n) is 17.0. The topological polar surface area (TPSA) is 59.9 Å². The summed E-state index contributed by atoms with van der Waals surface area (Å²) < 4.78 is 0. The predicted octanol–water partition coefficient (Wildman–Crippen LogP) is 3.65. The maximum Gasteiger partial charge on any atom is 0.191 e. The molecule has 0 bridgehead atoms. The van der Waals surface area contributed by atoms with Crippen LogP contribution in [0.1, 0.15) is 31.4 Å². The standard InChI is InChI=1S/C21H32N4OS.HI/c1-4-22-20(24-17-21(2,26)19-11-14-27-16-19)23-12-8-13-25(3)15-18-9-6-5-7-10-18;/h5-7,9-11,14,16,26H,4,8,12-13,15,17H2,1-3H3,(H2,22,23,24);1H. The van der Waals surface area contributed by atoms with E-state index in [9.17, 15) is 5.11 Å². The minimum Gasteiger partial charge on any atom is -0.383 e. The zero-order valence-corrected chi connectivity index (χ0v) is 20.2. The Morgan fingerprint density at radius 2 is 1.96 bits per heavy atom. The van der Waals surface area contributed by atoms with Gasteiger partial charge in [-0.05, 0) is 61.8 Å². The van der Waals surface area contributed by atoms with Crippen LogP contribution in [-0.4, -0.2) is 49.2 Å². The Morgan fingerprint density at radius 3 is 2.61 bits per heavy atom. The van der Waals surface area contributed by atoms with E-state index in [0.717, 1.165) is 44.1 Å². The van der Waals surface area contributed by atoms with Crippen LogP contribution in [0.4, 0.5) is 0 Å². The highest BCUT2D eigenvalue weighted by atomic mass is 127. The van der Waals surface area contributed by atoms with Gasteiger partial charge in [-0.15, -0.1) is 24.0 Å². The van der Waals surface area contributed by atoms with E-state index >= 15 is 0 Å². The number of thiophene rings is 1. The van der Waals surface area contributed by atoms with Crippen molar-refractivity contribution in [2.24, 2.45) is 4.99 Å². The Morgan fingerprint density at radius 1 is 1.21 bits per heavy atom. The van der Waals surface area contributed by atoms with Crippen LogP contribution in [0, 0.1) is 0 Å². The highest BCUT2D eigenvalue weighted by Gasteiger charge is 2.23. The van der Waals surface area contributed by atoms with Crippen molar-refractivity contribution in [2.75, 3.05) is 33.2 Å². The fraction of sp³-hybridized carbons (Fsp3) is 0.476. The van der Waals surface area contributed by atoms with E-state index in [1.807, 2.05) is 29.8 Å². The third-order valence-electron chi connectivity index (χ3n) is 4.34. The molecule has 0 fully saturated rings. The van der Waals surface area contributed by atoms with Crippen LogP contribution in [0.3, 0.4) is 0 Å². The SMILES string of the molecule is CCNC(=NCC(C)(O)c1ccsc1)NCCCN(C)Cc1ccccc1.I. The summed E-state index contributed by atoms with van der Waals surface area (Å²) >= 11 is 1.59. The maximum absolute atomic E-state index is 10.6. The van der Waals surface area contributed by atoms with Crippen LogP contribution in [0.2, 0.25) is 0 Å². The van der Waals surface area contributed by atoms with Crippen LogP contribution >= 0.6 is 35.3 Å². The van der Waals surface area contributed by atoms with Gasteiger partial charge in [0, 0.05) is 19.6 Å². The number of benzene rings is 1. The lowest BCUT2D eigenvalue weighted by atomic mass is 10.00. The van der Waals surface area contributed by atoms with Gasteiger partial charge >= 0.3 is 0 Å². The van der Waals surface area contributed by atoms with Gasteiger partial charge in [0.1, 0.15) is 5.60 Å². The molecule has 0 spiro atoms. The van der Waals surface area contributed by atoms with Gasteiger partial charge in [0.15, 0.2) is 5.96 Å². The number of aliphatic imine (C=N–C) groups is 1. The molecule has 1 unspecified atom stereocenters. The largest absolute Gasteiger partial charge is 0.383 e. The van der Waals surface area contributed by atoms with Crippen molar-refractivity contribution in [2.45, 2.75) is 32.4 Å². The average molecular weight is 516 g/mol. The Balaban J connectivity index is 0.00000392. The molecule has 0 amide bonds. The van der Waals surface area contributed by atoms with Crippen LogP contribution in [0.25, 0.3) is 0 Å². The minimum absolute atomic E-state index is 0. The van der Waals surface area contributed by atoms with E-state index < -0.39 is 5.60 Å². The quantitative estimate of drug-likeness (QED) is 0.195. The number of aliphatic hydroxyl groups is 1. The van der Waals surface area contributed by atoms with Crippen molar-refractivity contribution in [3.8, 4) is 0 Å². The summed E-state index contributed by atoms with van der Waals surface area (Å²) in [6.45, 7) is 7.77. The van der Waals surface area contributed by atoms with Gasteiger partial charge in [0.2, 0.25) is 0 Å². The second kappa shape index (κ2) is 13.1. The van der Waals surface area contributed by atoms with E-state index in [1.165, 1.54) is 5.56 Å². The number of hydrogen-bond donors (Lipinski definition) is 3. The van der Waals surface area contributed by atoms with Gasteiger partial charge in [-0.25, -0.2) is 4.99 Å². The molecule has 0 saturated heterocycles. The van der Waals surface area contributed by atoms with E-state index in [-0.39, 0.29) is 24.0 Å². The molecule has 2 aromatic rings. The Labute approximate surface area is 190 Å². The summed E-state index contributed by atoms with van der Waals surface area (Å²) in [4.78, 5) is 6.88. The summed E-state index contributed by atoms with van der Waals surface area (Å²) in [7, 11) is 2.14. The second-order valence-electron chi connectivity index (χ2n) is 6.98. The van der Waals surface area contributed by atoms with Crippen molar-refractivity contribution in [3.63, 3.8) is 0 Å². The first-order valence-electron chi connectivity index (χ1n) is 9.51. The molecule has 0 aliphatic carbocycles. The zero-order chi connectivity index (χ0) is 19.5. The Bertz CT molecular complexity index is 677. The number of rotatable bonds is 10. The second-order valence-corrected chi connectivity index (χ2v) is 7.76. The number of nitrogens with zero attached hydrogens (tertiary/aromatic N) is 2. The van der Waals surface area contributed by atoms with Crippen LogP contribution < -0.4 is 10.6 Å². The summed E-state index contributed by atoms with van der Waals surface area (Å²) in [6, 6.07) is 12.5. The molecule has 1 heterocycles. The molecule has 3 N–H and O–H groups in total. The molecular weight excluding hydrogens is 483 g/mol. The van der Waals surface area contributed by atoms with Crippen molar-refractivity contribution >= 4 is 41.3 Å². The fourth-order valence-electron chi connectivity index (χ4n) is 2.77. The molecule has 1 aromatic carbocycles. The fourth-order valence-corrected chi connectivity index (χ4v) is 3.55. The molecule has 5 nitrogen and oxygen atoms in total. The molecule has 1 aromatic heterocycles. The van der Waals surface area contributed by atoms with Crippen LogP contribution in [-0.2, 0) is 12.1 Å². The van der Waals surface area contributed by atoms with Gasteiger partial charge in [0.05, 0.1) is 6.54 Å². The van der Waals surface area contributed by atoms with E-state index in [1.54, 1.807) is 18.3 Å². The number of guanidine groups is 1. The highest BCUT2D eigenvalue weighted by molar-refractivity contribution is 14.0. The Kier molecular flexibility index (Phi) is 11.7. The van der Waals surface area contributed by atoms with Crippen molar-refractivity contribution in [3.05, 3.63) is 58.3 Å². The van der Waals surface area contributed by atoms with Gasteiger partial charge in [-0.2, -0.15) is 11.3 Å². The van der Waals surface area contributed by atoms with Crippen molar-refractivity contribution in [1.29, 1.82) is 0 Å². The Hall–Kier alpha value is -1.16.